The van der Waals surface area contributed by atoms with Gasteiger partial charge in [0.05, 0.1) is 5.71 Å². The number of fused-ring (bicyclic) bond motifs is 3. The number of nitrogens with zero attached hydrogens (tertiary/aromatic N) is 2. The molecule has 1 aliphatic carbocycles. The average Bonchev–Trinajstić information content (AvgIpc) is 3.42. The first kappa shape index (κ1) is 30.5. The van der Waals surface area contributed by atoms with Gasteiger partial charge in [0.2, 0.25) is 0 Å². The van der Waals surface area contributed by atoms with Crippen molar-refractivity contribution in [2.24, 2.45) is 15.9 Å². The number of benzene rings is 6. The fraction of sp³-hybridized carbons (Fsp3) is 0.0625. The van der Waals surface area contributed by atoms with Crippen molar-refractivity contribution in [1.82, 2.24) is 0 Å². The lowest BCUT2D eigenvalue weighted by atomic mass is 9.82. The Bertz CT molecular complexity index is 2600. The topological polar surface area (TPSA) is 37.9 Å². The first-order valence-electron chi connectivity index (χ1n) is 17.4. The van der Waals surface area contributed by atoms with Crippen molar-refractivity contribution >= 4 is 33.5 Å². The molecule has 0 saturated heterocycles. The van der Waals surface area contributed by atoms with E-state index in [0.29, 0.717) is 11.8 Å². The van der Waals surface area contributed by atoms with Crippen molar-refractivity contribution in [1.29, 1.82) is 0 Å². The SMILES string of the molecule is CC1C=C(C2=C=CC(c3ccc(-c4ccccc4)cc3)=NC(c3cccc4oc5cc(-c6ccccc6)ccc5c34)=N2)C=CC1c1ccccc1. The summed E-state index contributed by atoms with van der Waals surface area (Å²) in [6, 6.07) is 52.7. The molecular formula is C48H34N2O. The molecule has 0 fully saturated rings. The summed E-state index contributed by atoms with van der Waals surface area (Å²) in [4.78, 5) is 10.6. The van der Waals surface area contributed by atoms with Crippen LogP contribution in [0.25, 0.3) is 44.2 Å². The summed E-state index contributed by atoms with van der Waals surface area (Å²) in [6.07, 6.45) is 8.77. The number of furan rings is 1. The molecule has 9 rings (SSSR count). The van der Waals surface area contributed by atoms with Crippen molar-refractivity contribution in [3.8, 4) is 22.3 Å². The summed E-state index contributed by atoms with van der Waals surface area (Å²) >= 11 is 0. The van der Waals surface area contributed by atoms with Gasteiger partial charge in [0.15, 0.2) is 5.84 Å². The van der Waals surface area contributed by atoms with Crippen LogP contribution >= 0.6 is 0 Å². The molecule has 7 aromatic rings. The molecule has 242 valence electrons. The Labute approximate surface area is 297 Å². The molecule has 3 heteroatoms. The summed E-state index contributed by atoms with van der Waals surface area (Å²) in [6.45, 7) is 2.27. The molecule has 2 heterocycles. The molecule has 3 nitrogen and oxygen atoms in total. The third-order valence-electron chi connectivity index (χ3n) is 9.87. The van der Waals surface area contributed by atoms with E-state index < -0.39 is 0 Å². The van der Waals surface area contributed by atoms with Gasteiger partial charge in [-0.15, -0.1) is 0 Å². The van der Waals surface area contributed by atoms with Crippen LogP contribution in [0, 0.1) is 5.92 Å². The van der Waals surface area contributed by atoms with Gasteiger partial charge in [-0.25, -0.2) is 9.98 Å². The Morgan fingerprint density at radius 2 is 1.24 bits per heavy atom. The van der Waals surface area contributed by atoms with E-state index in [4.69, 9.17) is 14.4 Å². The van der Waals surface area contributed by atoms with Gasteiger partial charge in [-0.2, -0.15) is 0 Å². The lowest BCUT2D eigenvalue weighted by Gasteiger charge is -2.23. The molecule has 0 saturated carbocycles. The van der Waals surface area contributed by atoms with Gasteiger partial charge < -0.3 is 4.42 Å². The third-order valence-corrected chi connectivity index (χ3v) is 9.87. The zero-order valence-electron chi connectivity index (χ0n) is 28.2. The van der Waals surface area contributed by atoms with Crippen molar-refractivity contribution in [2.45, 2.75) is 12.8 Å². The van der Waals surface area contributed by atoms with Crippen molar-refractivity contribution in [3.05, 3.63) is 210 Å². The van der Waals surface area contributed by atoms with Crippen LogP contribution in [0.3, 0.4) is 0 Å². The number of rotatable bonds is 6. The van der Waals surface area contributed by atoms with Crippen LogP contribution in [-0.4, -0.2) is 11.5 Å². The molecule has 6 aromatic carbocycles. The van der Waals surface area contributed by atoms with E-state index >= 15 is 0 Å². The molecule has 1 aromatic heterocycles. The maximum atomic E-state index is 6.50. The summed E-state index contributed by atoms with van der Waals surface area (Å²) < 4.78 is 6.50. The fourth-order valence-corrected chi connectivity index (χ4v) is 7.22. The van der Waals surface area contributed by atoms with E-state index in [-0.39, 0.29) is 5.92 Å². The Morgan fingerprint density at radius 3 is 1.96 bits per heavy atom. The maximum Gasteiger partial charge on any atom is 0.161 e. The molecule has 0 radical (unpaired) electrons. The second-order valence-corrected chi connectivity index (χ2v) is 13.1. The van der Waals surface area contributed by atoms with E-state index in [1.54, 1.807) is 0 Å². The van der Waals surface area contributed by atoms with E-state index in [9.17, 15) is 0 Å². The lowest BCUT2D eigenvalue weighted by molar-refractivity contribution is 0.631. The fourth-order valence-electron chi connectivity index (χ4n) is 7.22. The van der Waals surface area contributed by atoms with Gasteiger partial charge in [0.25, 0.3) is 0 Å². The van der Waals surface area contributed by atoms with Gasteiger partial charge in [0, 0.05) is 39.5 Å². The zero-order chi connectivity index (χ0) is 34.1. The standard InChI is InChI=1S/C48H34N2O/c1-32-30-39(25-26-40(32)36-16-9-4-10-17-36)44-29-28-43(37-22-20-35(21-23-37)33-12-5-2-6-13-33)49-48(50-44)42-18-11-19-45-47(42)41-27-24-38(31-46(41)51-45)34-14-7-3-8-15-34/h2-28,30-32,40H,1H3. The summed E-state index contributed by atoms with van der Waals surface area (Å²) in [5.41, 5.74) is 15.6. The molecule has 2 unspecified atom stereocenters. The highest BCUT2D eigenvalue weighted by Gasteiger charge is 2.22. The summed E-state index contributed by atoms with van der Waals surface area (Å²) in [5.74, 6) is 1.21. The normalized spacial score (nSPS) is 17.1. The number of allylic oxidation sites excluding steroid dienone is 3. The van der Waals surface area contributed by atoms with Crippen molar-refractivity contribution in [3.63, 3.8) is 0 Å². The maximum absolute atomic E-state index is 6.50. The van der Waals surface area contributed by atoms with E-state index in [0.717, 1.165) is 66.7 Å². The highest BCUT2D eigenvalue weighted by atomic mass is 16.3. The van der Waals surface area contributed by atoms with Gasteiger partial charge in [0.1, 0.15) is 16.9 Å². The van der Waals surface area contributed by atoms with Gasteiger partial charge >= 0.3 is 0 Å². The molecule has 1 aliphatic heterocycles. The molecule has 2 atom stereocenters. The lowest BCUT2D eigenvalue weighted by Crippen LogP contribution is -2.10. The molecule has 0 amide bonds. The number of aliphatic imine (C=N–C) groups is 2. The minimum Gasteiger partial charge on any atom is -0.456 e. The highest BCUT2D eigenvalue weighted by Crippen LogP contribution is 2.37. The quantitative estimate of drug-likeness (QED) is 0.164. The number of hydrogen-bond donors (Lipinski definition) is 0. The van der Waals surface area contributed by atoms with Crippen LogP contribution in [0.1, 0.15) is 29.5 Å². The minimum atomic E-state index is 0.287. The largest absolute Gasteiger partial charge is 0.456 e. The van der Waals surface area contributed by atoms with Gasteiger partial charge in [-0.3, -0.25) is 0 Å². The summed E-state index contributed by atoms with van der Waals surface area (Å²) in [5, 5.41) is 2.03. The minimum absolute atomic E-state index is 0.287. The van der Waals surface area contributed by atoms with E-state index in [1.807, 2.05) is 30.3 Å². The van der Waals surface area contributed by atoms with E-state index in [1.165, 1.54) is 11.1 Å². The molecule has 0 spiro atoms. The van der Waals surface area contributed by atoms with Crippen LogP contribution in [-0.2, 0) is 0 Å². The van der Waals surface area contributed by atoms with Crippen LogP contribution < -0.4 is 0 Å². The van der Waals surface area contributed by atoms with Crippen molar-refractivity contribution in [2.75, 3.05) is 0 Å². The van der Waals surface area contributed by atoms with Gasteiger partial charge in [-0.1, -0.05) is 164 Å². The second-order valence-electron chi connectivity index (χ2n) is 13.1. The predicted octanol–water partition coefficient (Wildman–Crippen LogP) is 12.1. The van der Waals surface area contributed by atoms with Gasteiger partial charge in [-0.05, 0) is 51.9 Å². The average molecular weight is 655 g/mol. The Balaban J connectivity index is 1.17. The molecule has 0 N–H and O–H groups in total. The van der Waals surface area contributed by atoms with Crippen LogP contribution in [0.2, 0.25) is 0 Å². The number of amidine groups is 1. The monoisotopic (exact) mass is 654 g/mol. The molecule has 2 aliphatic rings. The van der Waals surface area contributed by atoms with E-state index in [2.05, 4.69) is 158 Å². The first-order chi connectivity index (χ1) is 25.2. The second kappa shape index (κ2) is 13.1. The van der Waals surface area contributed by atoms with Crippen LogP contribution in [0.15, 0.2) is 207 Å². The molecule has 0 bridgehead atoms. The third kappa shape index (κ3) is 5.91. The first-order valence-corrected chi connectivity index (χ1v) is 17.4. The number of hydrogen-bond acceptors (Lipinski definition) is 3. The Kier molecular flexibility index (Phi) is 7.81. The smallest absolute Gasteiger partial charge is 0.161 e. The predicted molar refractivity (Wildman–Crippen MR) is 211 cm³/mol. The Morgan fingerprint density at radius 1 is 0.588 bits per heavy atom. The van der Waals surface area contributed by atoms with Crippen LogP contribution in [0.5, 0.6) is 0 Å². The summed E-state index contributed by atoms with van der Waals surface area (Å²) in [7, 11) is 0. The zero-order valence-corrected chi connectivity index (χ0v) is 28.2. The molecular weight excluding hydrogens is 621 g/mol. The highest BCUT2D eigenvalue weighted by molar-refractivity contribution is 6.23. The molecule has 51 heavy (non-hydrogen) atoms. The van der Waals surface area contributed by atoms with Crippen LogP contribution in [0.4, 0.5) is 0 Å². The van der Waals surface area contributed by atoms with Crippen molar-refractivity contribution < 1.29 is 4.42 Å². The Hall–Kier alpha value is -6.54.